The number of carbonyl (C=O) groups excluding carboxylic acids is 4. The summed E-state index contributed by atoms with van der Waals surface area (Å²) < 4.78 is 4.63. The molecule has 4 aliphatic rings. The standard InChI is InChI=1S/C29H40N2O5/c1-18(2)9-24(30-25(32)17-29-14-20-10-21(15-29)12-22(11-20)16-29)27(34)31-23(26(33)28(35)36-3)13-19-7-5-4-6-8-19/h4-8,18,20-24H,9-17H2,1-3H3,(H,30,32)(H,31,34)/t20?,21?,22?,23?,24-,29?/m0/s1. The van der Waals surface area contributed by atoms with Crippen LogP contribution in [0.25, 0.3) is 0 Å². The fourth-order valence-corrected chi connectivity index (χ4v) is 7.37. The number of nitrogens with one attached hydrogen (secondary N) is 2. The minimum Gasteiger partial charge on any atom is -0.463 e. The third kappa shape index (κ3) is 6.34. The molecular formula is C29H40N2O5. The zero-order chi connectivity index (χ0) is 25.9. The Bertz CT molecular complexity index is 938. The number of benzene rings is 1. The van der Waals surface area contributed by atoms with Gasteiger partial charge in [-0.05, 0) is 79.6 Å². The van der Waals surface area contributed by atoms with Crippen LogP contribution in [-0.2, 0) is 30.3 Å². The van der Waals surface area contributed by atoms with Gasteiger partial charge in [-0.15, -0.1) is 0 Å². The van der Waals surface area contributed by atoms with Crippen LogP contribution in [-0.4, -0.2) is 42.8 Å². The molecule has 4 aliphatic carbocycles. The van der Waals surface area contributed by atoms with E-state index in [2.05, 4.69) is 15.4 Å². The monoisotopic (exact) mass is 496 g/mol. The highest BCUT2D eigenvalue weighted by atomic mass is 16.5. The first kappa shape index (κ1) is 26.4. The van der Waals surface area contributed by atoms with Crippen LogP contribution in [0.5, 0.6) is 0 Å². The summed E-state index contributed by atoms with van der Waals surface area (Å²) in [6.07, 6.45) is 8.40. The molecule has 5 rings (SSSR count). The number of amides is 2. The Balaban J connectivity index is 1.43. The molecule has 2 N–H and O–H groups in total. The molecule has 0 radical (unpaired) electrons. The van der Waals surface area contributed by atoms with Crippen LogP contribution in [0, 0.1) is 29.1 Å². The SMILES string of the molecule is COC(=O)C(=O)C(Cc1ccccc1)NC(=O)[C@H](CC(C)C)NC(=O)CC12CC3CC(CC(C3)C1)C2. The van der Waals surface area contributed by atoms with Crippen molar-refractivity contribution in [3.8, 4) is 0 Å². The highest BCUT2D eigenvalue weighted by molar-refractivity contribution is 6.36. The highest BCUT2D eigenvalue weighted by Gasteiger charge is 2.51. The molecule has 2 atom stereocenters. The molecule has 4 bridgehead atoms. The van der Waals surface area contributed by atoms with E-state index in [4.69, 9.17) is 0 Å². The lowest BCUT2D eigenvalue weighted by atomic mass is 9.49. The van der Waals surface area contributed by atoms with Crippen LogP contribution in [0.4, 0.5) is 0 Å². The molecule has 0 spiro atoms. The summed E-state index contributed by atoms with van der Waals surface area (Å²) >= 11 is 0. The van der Waals surface area contributed by atoms with Crippen molar-refractivity contribution >= 4 is 23.6 Å². The second-order valence-corrected chi connectivity index (χ2v) is 12.0. The summed E-state index contributed by atoms with van der Waals surface area (Å²) in [5.74, 6) is 0.0768. The van der Waals surface area contributed by atoms with E-state index in [1.165, 1.54) is 19.3 Å². The molecule has 1 aromatic carbocycles. The first-order valence-electron chi connectivity index (χ1n) is 13.4. The number of ketones is 1. The maximum absolute atomic E-state index is 13.4. The van der Waals surface area contributed by atoms with Gasteiger partial charge < -0.3 is 15.4 Å². The van der Waals surface area contributed by atoms with E-state index < -0.39 is 29.7 Å². The lowest BCUT2D eigenvalue weighted by Gasteiger charge is -2.56. The largest absolute Gasteiger partial charge is 0.463 e. The van der Waals surface area contributed by atoms with Gasteiger partial charge in [0.2, 0.25) is 11.8 Å². The predicted molar refractivity (Wildman–Crippen MR) is 136 cm³/mol. The fraction of sp³-hybridized carbons (Fsp3) is 0.655. The first-order valence-corrected chi connectivity index (χ1v) is 13.4. The second kappa shape index (κ2) is 11.1. The van der Waals surface area contributed by atoms with E-state index in [-0.39, 0.29) is 23.7 Å². The van der Waals surface area contributed by atoms with Gasteiger partial charge in [0, 0.05) is 12.8 Å². The maximum Gasteiger partial charge on any atom is 0.376 e. The van der Waals surface area contributed by atoms with Crippen LogP contribution in [0.15, 0.2) is 30.3 Å². The minimum absolute atomic E-state index is 0.0778. The third-order valence-electron chi connectivity index (χ3n) is 8.36. The Labute approximate surface area is 214 Å². The quantitative estimate of drug-likeness (QED) is 0.360. The minimum atomic E-state index is -1.07. The summed E-state index contributed by atoms with van der Waals surface area (Å²) in [5.41, 5.74) is 0.889. The van der Waals surface area contributed by atoms with Crippen LogP contribution >= 0.6 is 0 Å². The van der Waals surface area contributed by atoms with Gasteiger partial charge in [-0.25, -0.2) is 4.79 Å². The van der Waals surface area contributed by atoms with Crippen molar-refractivity contribution in [2.45, 2.75) is 83.7 Å². The van der Waals surface area contributed by atoms with Gasteiger partial charge in [-0.3, -0.25) is 14.4 Å². The molecule has 4 fully saturated rings. The number of hydrogen-bond donors (Lipinski definition) is 2. The molecule has 7 nitrogen and oxygen atoms in total. The molecule has 1 unspecified atom stereocenters. The van der Waals surface area contributed by atoms with Crippen molar-refractivity contribution < 1.29 is 23.9 Å². The summed E-state index contributed by atoms with van der Waals surface area (Å²) in [7, 11) is 1.15. The number of rotatable bonds is 11. The number of hydrogen-bond acceptors (Lipinski definition) is 5. The van der Waals surface area contributed by atoms with Gasteiger partial charge in [0.1, 0.15) is 12.1 Å². The van der Waals surface area contributed by atoms with Gasteiger partial charge >= 0.3 is 5.97 Å². The van der Waals surface area contributed by atoms with Crippen molar-refractivity contribution in [2.24, 2.45) is 29.1 Å². The molecule has 0 heterocycles. The summed E-state index contributed by atoms with van der Waals surface area (Å²) in [4.78, 5) is 51.4. The summed E-state index contributed by atoms with van der Waals surface area (Å²) in [6, 6.07) is 7.37. The average Bonchev–Trinajstić information content (AvgIpc) is 2.81. The van der Waals surface area contributed by atoms with E-state index in [1.807, 2.05) is 44.2 Å². The van der Waals surface area contributed by atoms with E-state index in [0.29, 0.717) is 12.8 Å². The highest BCUT2D eigenvalue weighted by Crippen LogP contribution is 2.61. The van der Waals surface area contributed by atoms with Crippen molar-refractivity contribution in [1.82, 2.24) is 10.6 Å². The van der Waals surface area contributed by atoms with Crippen LogP contribution < -0.4 is 10.6 Å². The van der Waals surface area contributed by atoms with E-state index in [9.17, 15) is 19.2 Å². The Kier molecular flexibility index (Phi) is 8.16. The molecule has 0 aliphatic heterocycles. The Morgan fingerprint density at radius 2 is 1.50 bits per heavy atom. The van der Waals surface area contributed by atoms with Crippen LogP contribution in [0.1, 0.15) is 70.8 Å². The number of ether oxygens (including phenoxy) is 1. The lowest BCUT2D eigenvalue weighted by Crippen LogP contribution is -2.55. The van der Waals surface area contributed by atoms with Crippen LogP contribution in [0.2, 0.25) is 0 Å². The Morgan fingerprint density at radius 3 is 2.03 bits per heavy atom. The molecule has 4 saturated carbocycles. The number of methoxy groups -OCH3 is 1. The van der Waals surface area contributed by atoms with E-state index >= 15 is 0 Å². The van der Waals surface area contributed by atoms with Gasteiger partial charge in [0.25, 0.3) is 5.78 Å². The van der Waals surface area contributed by atoms with Gasteiger partial charge in [-0.2, -0.15) is 0 Å². The molecular weight excluding hydrogens is 456 g/mol. The maximum atomic E-state index is 13.4. The van der Waals surface area contributed by atoms with Gasteiger partial charge in [0.15, 0.2) is 0 Å². The van der Waals surface area contributed by atoms with Crippen molar-refractivity contribution in [2.75, 3.05) is 7.11 Å². The zero-order valence-electron chi connectivity index (χ0n) is 21.8. The number of esters is 1. The first-order chi connectivity index (χ1) is 17.2. The lowest BCUT2D eigenvalue weighted by molar-refractivity contribution is -0.153. The Morgan fingerprint density at radius 1 is 0.917 bits per heavy atom. The second-order valence-electron chi connectivity index (χ2n) is 12.0. The van der Waals surface area contributed by atoms with Crippen molar-refractivity contribution in [1.29, 1.82) is 0 Å². The van der Waals surface area contributed by atoms with Gasteiger partial charge in [0.05, 0.1) is 7.11 Å². The molecule has 2 amide bonds. The predicted octanol–water partition coefficient (Wildman–Crippen LogP) is 3.59. The van der Waals surface area contributed by atoms with Gasteiger partial charge in [-0.1, -0.05) is 44.2 Å². The van der Waals surface area contributed by atoms with E-state index in [0.717, 1.165) is 49.7 Å². The normalized spacial score (nSPS) is 27.8. The molecule has 196 valence electrons. The molecule has 0 aromatic heterocycles. The number of carbonyl (C=O) groups is 4. The molecule has 7 heteroatoms. The number of Topliss-reactive ketones (excluding diaryl/α,β-unsaturated/α-hetero) is 1. The summed E-state index contributed by atoms with van der Waals surface area (Å²) in [6.45, 7) is 3.99. The summed E-state index contributed by atoms with van der Waals surface area (Å²) in [5, 5.41) is 5.74. The fourth-order valence-electron chi connectivity index (χ4n) is 7.37. The molecule has 36 heavy (non-hydrogen) atoms. The topological polar surface area (TPSA) is 102 Å². The smallest absolute Gasteiger partial charge is 0.376 e. The average molecular weight is 497 g/mol. The van der Waals surface area contributed by atoms with Crippen molar-refractivity contribution in [3.63, 3.8) is 0 Å². The molecule has 1 aromatic rings. The van der Waals surface area contributed by atoms with Crippen molar-refractivity contribution in [3.05, 3.63) is 35.9 Å². The Hall–Kier alpha value is -2.70. The molecule has 0 saturated heterocycles. The van der Waals surface area contributed by atoms with E-state index in [1.54, 1.807) is 0 Å². The third-order valence-corrected chi connectivity index (χ3v) is 8.36. The zero-order valence-corrected chi connectivity index (χ0v) is 21.8. The van der Waals surface area contributed by atoms with Crippen LogP contribution in [0.3, 0.4) is 0 Å².